The molecular weight excluding hydrogens is 358 g/mol. The summed E-state index contributed by atoms with van der Waals surface area (Å²) in [5, 5.41) is 0. The van der Waals surface area contributed by atoms with E-state index in [0.717, 1.165) is 24.2 Å². The van der Waals surface area contributed by atoms with Gasteiger partial charge < -0.3 is 4.74 Å². The molecule has 1 aliphatic heterocycles. The largest absolute Gasteiger partial charge is 0.497 e. The number of rotatable bonds is 3. The van der Waals surface area contributed by atoms with Gasteiger partial charge in [-0.1, -0.05) is 35.6 Å². The summed E-state index contributed by atoms with van der Waals surface area (Å²) < 4.78 is 33.1. The van der Waals surface area contributed by atoms with Gasteiger partial charge in [0.25, 0.3) is 0 Å². The standard InChI is InChI=1S/C22H23NO3S/c1-16-5-10-20(11-6-16)27(24,25)23-13-3-4-21-18(15-23)8-7-17-14-19(26-2)9-12-22(17)21/h5-6,9-12,14,18,21H,7-8,13,15H2,1-2H3/t18-,21+/m1/s1. The van der Waals surface area contributed by atoms with E-state index in [1.165, 1.54) is 11.1 Å². The Morgan fingerprint density at radius 3 is 2.67 bits per heavy atom. The number of fused-ring (bicyclic) bond motifs is 3. The van der Waals surface area contributed by atoms with E-state index in [4.69, 9.17) is 4.74 Å². The molecule has 2 aromatic carbocycles. The molecule has 0 unspecified atom stereocenters. The highest BCUT2D eigenvalue weighted by Gasteiger charge is 2.35. The van der Waals surface area contributed by atoms with Crippen molar-refractivity contribution < 1.29 is 13.2 Å². The number of methoxy groups -OCH3 is 1. The second kappa shape index (κ2) is 7.03. The van der Waals surface area contributed by atoms with E-state index in [1.54, 1.807) is 23.5 Å². The molecule has 0 N–H and O–H groups in total. The molecule has 1 aliphatic carbocycles. The van der Waals surface area contributed by atoms with Gasteiger partial charge in [0.15, 0.2) is 0 Å². The van der Waals surface area contributed by atoms with Crippen molar-refractivity contribution in [3.8, 4) is 17.6 Å². The van der Waals surface area contributed by atoms with Crippen molar-refractivity contribution in [2.45, 2.75) is 30.6 Å². The minimum atomic E-state index is -3.53. The maximum absolute atomic E-state index is 13.1. The Hall–Kier alpha value is -2.29. The number of ether oxygens (including phenoxy) is 1. The van der Waals surface area contributed by atoms with Crippen LogP contribution in [0, 0.1) is 24.7 Å². The molecule has 0 bridgehead atoms. The Labute approximate surface area is 161 Å². The van der Waals surface area contributed by atoms with Gasteiger partial charge in [0, 0.05) is 12.5 Å². The highest BCUT2D eigenvalue weighted by atomic mass is 32.2. The molecule has 140 valence electrons. The molecule has 0 radical (unpaired) electrons. The third-order valence-electron chi connectivity index (χ3n) is 5.55. The lowest BCUT2D eigenvalue weighted by Gasteiger charge is -2.32. The minimum absolute atomic E-state index is 0.0814. The Morgan fingerprint density at radius 2 is 1.93 bits per heavy atom. The summed E-state index contributed by atoms with van der Waals surface area (Å²) in [5.41, 5.74) is 3.53. The monoisotopic (exact) mass is 381 g/mol. The number of hydrogen-bond acceptors (Lipinski definition) is 3. The molecular formula is C22H23NO3S. The van der Waals surface area contributed by atoms with E-state index in [9.17, 15) is 8.42 Å². The molecule has 0 amide bonds. The predicted octanol–water partition coefficient (Wildman–Crippen LogP) is 3.36. The summed E-state index contributed by atoms with van der Waals surface area (Å²) >= 11 is 0. The fraction of sp³-hybridized carbons (Fsp3) is 0.364. The fourth-order valence-corrected chi connectivity index (χ4v) is 5.40. The van der Waals surface area contributed by atoms with E-state index < -0.39 is 10.0 Å². The first-order chi connectivity index (χ1) is 13.0. The second-order valence-corrected chi connectivity index (χ2v) is 9.21. The number of aryl methyl sites for hydroxylation is 2. The van der Waals surface area contributed by atoms with Crippen LogP contribution in [0.25, 0.3) is 0 Å². The summed E-state index contributed by atoms with van der Waals surface area (Å²) in [6, 6.07) is 13.2. The number of sulfonamides is 1. The van der Waals surface area contributed by atoms with Crippen LogP contribution in [0.15, 0.2) is 47.4 Å². The maximum Gasteiger partial charge on any atom is 0.243 e. The van der Waals surface area contributed by atoms with Gasteiger partial charge >= 0.3 is 0 Å². The lowest BCUT2D eigenvalue weighted by Crippen LogP contribution is -2.37. The average Bonchev–Trinajstić information content (AvgIpc) is 2.91. The van der Waals surface area contributed by atoms with Crippen molar-refractivity contribution in [1.29, 1.82) is 0 Å². The van der Waals surface area contributed by atoms with E-state index in [2.05, 4.69) is 24.0 Å². The zero-order valence-corrected chi connectivity index (χ0v) is 16.4. The molecule has 1 heterocycles. The molecule has 4 rings (SSSR count). The summed E-state index contributed by atoms with van der Waals surface area (Å²) in [4.78, 5) is 0.342. The van der Waals surface area contributed by atoms with Crippen molar-refractivity contribution in [2.24, 2.45) is 5.92 Å². The van der Waals surface area contributed by atoms with Crippen LogP contribution >= 0.6 is 0 Å². The van der Waals surface area contributed by atoms with Gasteiger partial charge in [0.05, 0.1) is 18.6 Å². The first-order valence-electron chi connectivity index (χ1n) is 9.21. The van der Waals surface area contributed by atoms with E-state index in [-0.39, 0.29) is 18.4 Å². The molecule has 27 heavy (non-hydrogen) atoms. The molecule has 2 atom stereocenters. The molecule has 0 saturated heterocycles. The third-order valence-corrected chi connectivity index (χ3v) is 7.38. The van der Waals surface area contributed by atoms with E-state index >= 15 is 0 Å². The number of hydrogen-bond donors (Lipinski definition) is 0. The lowest BCUT2D eigenvalue weighted by molar-refractivity contribution is 0.328. The van der Waals surface area contributed by atoms with Gasteiger partial charge in [0.1, 0.15) is 5.75 Å². The van der Waals surface area contributed by atoms with Gasteiger partial charge in [-0.05, 0) is 61.1 Å². The SMILES string of the molecule is COc1ccc2c(c1)CC[C@@H]1CN(S(=O)(=O)c3ccc(C)cc3)CC#C[C@H]21. The lowest BCUT2D eigenvalue weighted by atomic mass is 9.75. The summed E-state index contributed by atoms with van der Waals surface area (Å²) in [5.74, 6) is 7.61. The van der Waals surface area contributed by atoms with Gasteiger partial charge in [-0.15, -0.1) is 0 Å². The first-order valence-corrected chi connectivity index (χ1v) is 10.6. The zero-order chi connectivity index (χ0) is 19.0. The van der Waals surface area contributed by atoms with Crippen molar-refractivity contribution in [3.05, 3.63) is 59.2 Å². The van der Waals surface area contributed by atoms with Crippen molar-refractivity contribution in [3.63, 3.8) is 0 Å². The predicted molar refractivity (Wildman–Crippen MR) is 105 cm³/mol. The fourth-order valence-electron chi connectivity index (χ4n) is 4.00. The topological polar surface area (TPSA) is 46.6 Å². The molecule has 0 aromatic heterocycles. The Kier molecular flexibility index (Phi) is 4.71. The molecule has 0 spiro atoms. The Bertz CT molecular complexity index is 1020. The van der Waals surface area contributed by atoms with E-state index in [1.807, 2.05) is 25.1 Å². The van der Waals surface area contributed by atoms with Gasteiger partial charge in [0.2, 0.25) is 10.0 Å². The molecule has 0 fully saturated rings. The van der Waals surface area contributed by atoms with Crippen LogP contribution in [0.1, 0.15) is 29.0 Å². The smallest absolute Gasteiger partial charge is 0.243 e. The normalized spacial score (nSPS) is 22.0. The second-order valence-electron chi connectivity index (χ2n) is 7.27. The van der Waals surface area contributed by atoms with Crippen molar-refractivity contribution in [1.82, 2.24) is 4.31 Å². The Balaban J connectivity index is 1.62. The first kappa shape index (κ1) is 18.1. The number of benzene rings is 2. The van der Waals surface area contributed by atoms with Crippen LogP contribution in [0.3, 0.4) is 0 Å². The highest BCUT2D eigenvalue weighted by Crippen LogP contribution is 2.39. The van der Waals surface area contributed by atoms with Gasteiger partial charge in [-0.2, -0.15) is 4.31 Å². The van der Waals surface area contributed by atoms with Crippen LogP contribution in [0.2, 0.25) is 0 Å². The van der Waals surface area contributed by atoms with Crippen LogP contribution < -0.4 is 4.74 Å². The van der Waals surface area contributed by atoms with Crippen LogP contribution in [-0.4, -0.2) is 32.9 Å². The van der Waals surface area contributed by atoms with Crippen molar-refractivity contribution >= 4 is 10.0 Å². The molecule has 2 aliphatic rings. The highest BCUT2D eigenvalue weighted by molar-refractivity contribution is 7.89. The quantitative estimate of drug-likeness (QED) is 0.766. The zero-order valence-electron chi connectivity index (χ0n) is 15.6. The third kappa shape index (κ3) is 3.36. The van der Waals surface area contributed by atoms with Crippen LogP contribution in [0.4, 0.5) is 0 Å². The summed E-state index contributed by atoms with van der Waals surface area (Å²) in [6.45, 7) is 2.69. The molecule has 4 nitrogen and oxygen atoms in total. The molecule has 0 saturated carbocycles. The molecule has 2 aromatic rings. The number of nitrogens with zero attached hydrogens (tertiary/aromatic N) is 1. The minimum Gasteiger partial charge on any atom is -0.497 e. The van der Waals surface area contributed by atoms with E-state index in [0.29, 0.717) is 11.4 Å². The van der Waals surface area contributed by atoms with Crippen LogP contribution in [0.5, 0.6) is 5.75 Å². The van der Waals surface area contributed by atoms with Gasteiger partial charge in [-0.3, -0.25) is 0 Å². The maximum atomic E-state index is 13.1. The summed E-state index contributed by atoms with van der Waals surface area (Å²) in [7, 11) is -1.86. The molecule has 5 heteroatoms. The van der Waals surface area contributed by atoms with Crippen LogP contribution in [-0.2, 0) is 16.4 Å². The van der Waals surface area contributed by atoms with Gasteiger partial charge in [-0.25, -0.2) is 8.42 Å². The Morgan fingerprint density at radius 1 is 1.15 bits per heavy atom. The van der Waals surface area contributed by atoms with Crippen molar-refractivity contribution in [2.75, 3.05) is 20.2 Å². The average molecular weight is 381 g/mol. The summed E-state index contributed by atoms with van der Waals surface area (Å²) in [6.07, 6.45) is 1.85.